The molecule has 0 heterocycles. The van der Waals surface area contributed by atoms with Gasteiger partial charge in [0.2, 0.25) is 0 Å². The van der Waals surface area contributed by atoms with Crippen molar-refractivity contribution in [2.45, 2.75) is 0 Å². The largest absolute Gasteiger partial charge is 0.350 e. The number of hydrazine groups is 1. The van der Waals surface area contributed by atoms with Crippen molar-refractivity contribution in [1.82, 2.24) is 5.43 Å². The number of nitrogens with one attached hydrogen (secondary N) is 1. The van der Waals surface area contributed by atoms with Crippen molar-refractivity contribution in [3.63, 3.8) is 0 Å². The fourth-order valence-corrected chi connectivity index (χ4v) is 0.970. The molecule has 0 aliphatic heterocycles. The van der Waals surface area contributed by atoms with Gasteiger partial charge in [-0.25, -0.2) is 14.6 Å². The van der Waals surface area contributed by atoms with Crippen molar-refractivity contribution in [3.05, 3.63) is 30.3 Å². The van der Waals surface area contributed by atoms with Gasteiger partial charge in [0.05, 0.1) is 5.69 Å². The van der Waals surface area contributed by atoms with E-state index in [0.29, 0.717) is 0 Å². The van der Waals surface area contributed by atoms with Gasteiger partial charge in [0.25, 0.3) is 0 Å². The Hall–Kier alpha value is -1.36. The Morgan fingerprint density at radius 3 is 2.50 bits per heavy atom. The maximum atomic E-state index is 10.4. The summed E-state index contributed by atoms with van der Waals surface area (Å²) >= 11 is 3.98. The highest BCUT2D eigenvalue weighted by molar-refractivity contribution is 7.81. The van der Waals surface area contributed by atoms with Gasteiger partial charge in [-0.05, 0) is 24.9 Å². The van der Waals surface area contributed by atoms with Crippen molar-refractivity contribution in [2.24, 2.45) is 5.73 Å². The summed E-state index contributed by atoms with van der Waals surface area (Å²) in [5, 5.41) is 0. The van der Waals surface area contributed by atoms with E-state index in [4.69, 9.17) is 5.73 Å². The van der Waals surface area contributed by atoms with Crippen LogP contribution >= 0.6 is 12.8 Å². The Kier molecular flexibility index (Phi) is 2.82. The van der Waals surface area contributed by atoms with Crippen LogP contribution in [0.3, 0.4) is 0 Å². The zero-order valence-electron chi connectivity index (χ0n) is 6.27. The zero-order valence-corrected chi connectivity index (χ0v) is 7.16. The van der Waals surface area contributed by atoms with Crippen LogP contribution in [0.1, 0.15) is 0 Å². The molecule has 0 bridgehead atoms. The maximum Gasteiger partial charge on any atom is 0.331 e. The van der Waals surface area contributed by atoms with Gasteiger partial charge in [-0.3, -0.25) is 0 Å². The van der Waals surface area contributed by atoms with Crippen LogP contribution < -0.4 is 15.6 Å². The van der Waals surface area contributed by atoms with Crippen molar-refractivity contribution >= 4 is 24.5 Å². The maximum absolute atomic E-state index is 10.4. The van der Waals surface area contributed by atoms with Gasteiger partial charge in [-0.15, -0.1) is 0 Å². The number of nitrogens with two attached hydrogens (primary N) is 1. The Balaban J connectivity index is 2.65. The standard InChI is InChI=1S/C7H9N3OS/c8-7(11)9-10(12)6-4-2-1-3-5-6/h1-5,12H,(H3,8,9,11). The highest BCUT2D eigenvalue weighted by Gasteiger charge is 2.00. The highest BCUT2D eigenvalue weighted by Crippen LogP contribution is 2.11. The molecule has 3 N–H and O–H groups in total. The van der Waals surface area contributed by atoms with Crippen molar-refractivity contribution in [1.29, 1.82) is 0 Å². The minimum atomic E-state index is -0.645. The number of hydrogen-bond donors (Lipinski definition) is 3. The molecular formula is C7H9N3OS. The number of carbonyl (C=O) groups excluding carboxylic acids is 1. The monoisotopic (exact) mass is 183 g/mol. The summed E-state index contributed by atoms with van der Waals surface area (Å²) in [5.74, 6) is 0. The van der Waals surface area contributed by atoms with Crippen LogP contribution in [0.25, 0.3) is 0 Å². The third-order valence-corrected chi connectivity index (χ3v) is 1.55. The first-order chi connectivity index (χ1) is 5.70. The molecule has 0 unspecified atom stereocenters. The number of thiol groups is 1. The van der Waals surface area contributed by atoms with Crippen LogP contribution in [0.2, 0.25) is 0 Å². The third kappa shape index (κ3) is 2.35. The summed E-state index contributed by atoms with van der Waals surface area (Å²) in [5.41, 5.74) is 7.94. The molecule has 0 spiro atoms. The molecule has 0 aromatic heterocycles. The smallest absolute Gasteiger partial charge is 0.331 e. The van der Waals surface area contributed by atoms with E-state index in [-0.39, 0.29) is 0 Å². The summed E-state index contributed by atoms with van der Waals surface area (Å²) in [4.78, 5) is 10.4. The van der Waals surface area contributed by atoms with Gasteiger partial charge in [0.1, 0.15) is 0 Å². The second-order valence-electron chi connectivity index (χ2n) is 2.12. The van der Waals surface area contributed by atoms with Gasteiger partial charge in [0.15, 0.2) is 0 Å². The topological polar surface area (TPSA) is 58.4 Å². The quantitative estimate of drug-likeness (QED) is 0.471. The molecule has 64 valence electrons. The molecule has 1 rings (SSSR count). The van der Waals surface area contributed by atoms with Crippen LogP contribution in [0, 0.1) is 0 Å². The molecular weight excluding hydrogens is 174 g/mol. The van der Waals surface area contributed by atoms with Gasteiger partial charge in [-0.2, -0.15) is 0 Å². The predicted molar refractivity (Wildman–Crippen MR) is 50.6 cm³/mol. The number of amides is 2. The van der Waals surface area contributed by atoms with Gasteiger partial charge in [-0.1, -0.05) is 18.2 Å². The van der Waals surface area contributed by atoms with E-state index < -0.39 is 6.03 Å². The molecule has 0 saturated heterocycles. The minimum absolute atomic E-state index is 0.645. The first kappa shape index (κ1) is 8.73. The van der Waals surface area contributed by atoms with Crippen molar-refractivity contribution in [3.8, 4) is 0 Å². The van der Waals surface area contributed by atoms with E-state index in [1.165, 1.54) is 4.41 Å². The van der Waals surface area contributed by atoms with Gasteiger partial charge >= 0.3 is 6.03 Å². The van der Waals surface area contributed by atoms with Crippen LogP contribution in [0.15, 0.2) is 30.3 Å². The molecule has 0 aliphatic carbocycles. The van der Waals surface area contributed by atoms with Gasteiger partial charge in [0, 0.05) is 0 Å². The second-order valence-corrected chi connectivity index (χ2v) is 2.52. The number of hydrogen-bond acceptors (Lipinski definition) is 3. The summed E-state index contributed by atoms with van der Waals surface area (Å²) in [6.07, 6.45) is 0. The van der Waals surface area contributed by atoms with Crippen molar-refractivity contribution in [2.75, 3.05) is 4.41 Å². The van der Waals surface area contributed by atoms with E-state index in [1.807, 2.05) is 18.2 Å². The number of urea groups is 1. The molecule has 0 atom stereocenters. The molecule has 1 aromatic carbocycles. The SMILES string of the molecule is NC(=O)NN(S)c1ccccc1. The summed E-state index contributed by atoms with van der Waals surface area (Å²) in [6, 6.07) is 8.48. The van der Waals surface area contributed by atoms with Crippen molar-refractivity contribution < 1.29 is 4.79 Å². The number of para-hydroxylation sites is 1. The van der Waals surface area contributed by atoms with E-state index in [2.05, 4.69) is 18.2 Å². The molecule has 1 aromatic rings. The number of benzene rings is 1. The Bertz CT molecular complexity index is 265. The van der Waals surface area contributed by atoms with Crippen LogP contribution in [0.4, 0.5) is 10.5 Å². The normalized spacial score (nSPS) is 9.08. The number of primary amides is 1. The van der Waals surface area contributed by atoms with Crippen LogP contribution in [0.5, 0.6) is 0 Å². The molecule has 5 heteroatoms. The minimum Gasteiger partial charge on any atom is -0.350 e. The molecule has 0 saturated carbocycles. The van der Waals surface area contributed by atoms with Gasteiger partial charge < -0.3 is 5.73 Å². The number of rotatable bonds is 2. The van der Waals surface area contributed by atoms with Crippen LogP contribution in [-0.2, 0) is 0 Å². The van der Waals surface area contributed by atoms with E-state index >= 15 is 0 Å². The van der Waals surface area contributed by atoms with Crippen LogP contribution in [-0.4, -0.2) is 6.03 Å². The average Bonchev–Trinajstić information content (AvgIpc) is 2.05. The number of nitrogens with zero attached hydrogens (tertiary/aromatic N) is 1. The molecule has 4 nitrogen and oxygen atoms in total. The molecule has 12 heavy (non-hydrogen) atoms. The molecule has 2 amide bonds. The lowest BCUT2D eigenvalue weighted by molar-refractivity contribution is 0.249. The highest BCUT2D eigenvalue weighted by atomic mass is 32.1. The molecule has 0 radical (unpaired) electrons. The fraction of sp³-hybridized carbons (Fsp3) is 0. The van der Waals surface area contributed by atoms with E-state index in [1.54, 1.807) is 12.1 Å². The molecule has 0 aliphatic rings. The summed E-state index contributed by atoms with van der Waals surface area (Å²) in [7, 11) is 0. The molecule has 0 fully saturated rings. The number of carbonyl (C=O) groups is 1. The zero-order chi connectivity index (χ0) is 8.97. The second kappa shape index (κ2) is 3.87. The summed E-state index contributed by atoms with van der Waals surface area (Å²) in [6.45, 7) is 0. The first-order valence-corrected chi connectivity index (χ1v) is 3.70. The predicted octanol–water partition coefficient (Wildman–Crippen LogP) is 0.921. The Morgan fingerprint density at radius 2 is 2.00 bits per heavy atom. The van der Waals surface area contributed by atoms with E-state index in [9.17, 15) is 4.79 Å². The Labute approximate surface area is 75.9 Å². The fourth-order valence-electron chi connectivity index (χ4n) is 0.738. The lowest BCUT2D eigenvalue weighted by atomic mass is 10.3. The average molecular weight is 183 g/mol. The lowest BCUT2D eigenvalue weighted by Gasteiger charge is -2.16. The first-order valence-electron chi connectivity index (χ1n) is 3.30. The van der Waals surface area contributed by atoms with E-state index in [0.717, 1.165) is 5.69 Å². The number of anilines is 1. The third-order valence-electron chi connectivity index (χ3n) is 1.22. The summed E-state index contributed by atoms with van der Waals surface area (Å²) < 4.78 is 1.25. The lowest BCUT2D eigenvalue weighted by Crippen LogP contribution is -2.39. The Morgan fingerprint density at radius 1 is 1.42 bits per heavy atom.